The second-order valence-electron chi connectivity index (χ2n) is 4.90. The fourth-order valence-corrected chi connectivity index (χ4v) is 3.69. The summed E-state index contributed by atoms with van der Waals surface area (Å²) >= 11 is 3.36. The zero-order valence-corrected chi connectivity index (χ0v) is 14.6. The summed E-state index contributed by atoms with van der Waals surface area (Å²) in [7, 11) is -3.83. The highest BCUT2D eigenvalue weighted by Crippen LogP contribution is 2.27. The second-order valence-corrected chi connectivity index (χ2v) is 7.27. The second kappa shape index (κ2) is 6.20. The molecule has 3 nitrogen and oxygen atoms in total. The van der Waals surface area contributed by atoms with Gasteiger partial charge in [0.15, 0.2) is 0 Å². The molecule has 0 aromatic heterocycles. The molecule has 2 rings (SSSR count). The molecular formula is C16H17BrO3S. The van der Waals surface area contributed by atoms with Crippen LogP contribution in [0, 0.1) is 13.8 Å². The van der Waals surface area contributed by atoms with Crippen molar-refractivity contribution >= 4 is 26.0 Å². The molecule has 0 radical (unpaired) electrons. The molecule has 0 saturated heterocycles. The van der Waals surface area contributed by atoms with Gasteiger partial charge in [-0.1, -0.05) is 41.1 Å². The van der Waals surface area contributed by atoms with Gasteiger partial charge in [0.25, 0.3) is 0 Å². The zero-order valence-electron chi connectivity index (χ0n) is 12.2. The normalized spacial score (nSPS) is 11.4. The van der Waals surface area contributed by atoms with Gasteiger partial charge in [-0.15, -0.1) is 0 Å². The van der Waals surface area contributed by atoms with Gasteiger partial charge in [-0.3, -0.25) is 0 Å². The summed E-state index contributed by atoms with van der Waals surface area (Å²) in [6.07, 6.45) is 0.900. The van der Waals surface area contributed by atoms with E-state index in [2.05, 4.69) is 15.9 Å². The minimum atomic E-state index is -3.83. The Labute approximate surface area is 134 Å². The lowest BCUT2D eigenvalue weighted by Crippen LogP contribution is -2.11. The van der Waals surface area contributed by atoms with Crippen molar-refractivity contribution in [1.82, 2.24) is 0 Å². The number of rotatable bonds is 4. The van der Waals surface area contributed by atoms with E-state index in [1.54, 1.807) is 25.1 Å². The third-order valence-electron chi connectivity index (χ3n) is 3.26. The molecule has 0 heterocycles. The Bertz CT molecular complexity index is 750. The first-order valence-corrected chi connectivity index (χ1v) is 8.84. The lowest BCUT2D eigenvalue weighted by atomic mass is 10.2. The number of halogens is 1. The molecular weight excluding hydrogens is 352 g/mol. The molecule has 0 aliphatic heterocycles. The third-order valence-corrected chi connectivity index (χ3v) is 5.51. The lowest BCUT2D eigenvalue weighted by Gasteiger charge is -2.11. The highest BCUT2D eigenvalue weighted by Gasteiger charge is 2.20. The Morgan fingerprint density at radius 3 is 2.24 bits per heavy atom. The highest BCUT2D eigenvalue weighted by atomic mass is 79.9. The van der Waals surface area contributed by atoms with Crippen LogP contribution < -0.4 is 4.18 Å². The van der Waals surface area contributed by atoms with E-state index in [1.807, 2.05) is 32.0 Å². The van der Waals surface area contributed by atoms with E-state index in [4.69, 9.17) is 4.18 Å². The topological polar surface area (TPSA) is 43.4 Å². The summed E-state index contributed by atoms with van der Waals surface area (Å²) in [4.78, 5) is 0.180. The van der Waals surface area contributed by atoms with E-state index in [0.717, 1.165) is 22.0 Å². The monoisotopic (exact) mass is 368 g/mol. The van der Waals surface area contributed by atoms with Crippen molar-refractivity contribution in [3.63, 3.8) is 0 Å². The van der Waals surface area contributed by atoms with Crippen LogP contribution in [0.1, 0.15) is 23.6 Å². The van der Waals surface area contributed by atoms with Crippen LogP contribution >= 0.6 is 15.9 Å². The van der Waals surface area contributed by atoms with Crippen LogP contribution in [0.2, 0.25) is 0 Å². The van der Waals surface area contributed by atoms with Gasteiger partial charge in [0.2, 0.25) is 0 Å². The SMILES string of the molecule is CCc1ccc(OS(=O)(=O)c2cc(Br)c(C)cc2C)cc1. The van der Waals surface area contributed by atoms with Gasteiger partial charge in [0, 0.05) is 4.47 Å². The van der Waals surface area contributed by atoms with E-state index >= 15 is 0 Å². The number of benzene rings is 2. The predicted octanol–water partition coefficient (Wildman–Crippen LogP) is 4.40. The van der Waals surface area contributed by atoms with Gasteiger partial charge in [0.05, 0.1) is 0 Å². The van der Waals surface area contributed by atoms with Crippen LogP contribution in [0.4, 0.5) is 0 Å². The van der Waals surface area contributed by atoms with Crippen LogP contribution in [-0.2, 0) is 16.5 Å². The first-order chi connectivity index (χ1) is 9.83. The molecule has 0 amide bonds. The van der Waals surface area contributed by atoms with Crippen molar-refractivity contribution in [2.45, 2.75) is 32.1 Å². The quantitative estimate of drug-likeness (QED) is 0.751. The fourth-order valence-electron chi connectivity index (χ4n) is 2.03. The molecule has 0 atom stereocenters. The molecule has 0 unspecified atom stereocenters. The molecule has 5 heteroatoms. The van der Waals surface area contributed by atoms with Gasteiger partial charge >= 0.3 is 10.1 Å². The Morgan fingerprint density at radius 2 is 1.67 bits per heavy atom. The third kappa shape index (κ3) is 3.66. The predicted molar refractivity (Wildman–Crippen MR) is 87.2 cm³/mol. The standard InChI is InChI=1S/C16H17BrO3S/c1-4-13-5-7-14(8-6-13)20-21(18,19)16-10-15(17)11(2)9-12(16)3/h5-10H,4H2,1-3H3. The Hall–Kier alpha value is -1.33. The number of hydrogen-bond donors (Lipinski definition) is 0. The molecule has 0 bridgehead atoms. The molecule has 0 N–H and O–H groups in total. The van der Waals surface area contributed by atoms with Crippen LogP contribution in [0.15, 0.2) is 45.8 Å². The van der Waals surface area contributed by atoms with E-state index in [1.165, 1.54) is 0 Å². The zero-order chi connectivity index (χ0) is 15.6. The van der Waals surface area contributed by atoms with Crippen LogP contribution in [0.3, 0.4) is 0 Å². The van der Waals surface area contributed by atoms with Crippen molar-refractivity contribution in [2.75, 3.05) is 0 Å². The summed E-state index contributed by atoms with van der Waals surface area (Å²) in [5.41, 5.74) is 2.79. The molecule has 2 aromatic rings. The average molecular weight is 369 g/mol. The summed E-state index contributed by atoms with van der Waals surface area (Å²) in [6.45, 7) is 5.72. The average Bonchev–Trinajstić information content (AvgIpc) is 2.43. The molecule has 112 valence electrons. The van der Waals surface area contributed by atoms with Gasteiger partial charge in [-0.25, -0.2) is 0 Å². The minimum Gasteiger partial charge on any atom is -0.379 e. The molecule has 2 aromatic carbocycles. The molecule has 0 fully saturated rings. The number of aryl methyl sites for hydroxylation is 3. The van der Waals surface area contributed by atoms with Crippen LogP contribution in [0.25, 0.3) is 0 Å². The van der Waals surface area contributed by atoms with E-state index in [-0.39, 0.29) is 4.90 Å². The molecule has 0 aliphatic carbocycles. The van der Waals surface area contributed by atoms with Crippen molar-refractivity contribution in [1.29, 1.82) is 0 Å². The van der Waals surface area contributed by atoms with Gasteiger partial charge in [-0.2, -0.15) is 8.42 Å². The van der Waals surface area contributed by atoms with Crippen LogP contribution in [0.5, 0.6) is 5.75 Å². The summed E-state index contributed by atoms with van der Waals surface area (Å²) in [5.74, 6) is 0.322. The lowest BCUT2D eigenvalue weighted by molar-refractivity contribution is 0.485. The largest absolute Gasteiger partial charge is 0.379 e. The van der Waals surface area contributed by atoms with Crippen molar-refractivity contribution in [2.24, 2.45) is 0 Å². The Balaban J connectivity index is 2.35. The van der Waals surface area contributed by atoms with E-state index in [0.29, 0.717) is 11.3 Å². The minimum absolute atomic E-state index is 0.180. The smallest absolute Gasteiger partial charge is 0.339 e. The van der Waals surface area contributed by atoms with E-state index < -0.39 is 10.1 Å². The van der Waals surface area contributed by atoms with Crippen molar-refractivity contribution in [3.05, 3.63) is 57.6 Å². The van der Waals surface area contributed by atoms with Crippen molar-refractivity contribution in [3.8, 4) is 5.75 Å². The Morgan fingerprint density at radius 1 is 1.05 bits per heavy atom. The fraction of sp³-hybridized carbons (Fsp3) is 0.250. The maximum atomic E-state index is 12.4. The number of hydrogen-bond acceptors (Lipinski definition) is 3. The van der Waals surface area contributed by atoms with E-state index in [9.17, 15) is 8.42 Å². The first kappa shape index (κ1) is 16.0. The summed E-state index contributed by atoms with van der Waals surface area (Å²) in [6, 6.07) is 10.5. The summed E-state index contributed by atoms with van der Waals surface area (Å²) in [5, 5.41) is 0. The van der Waals surface area contributed by atoms with Gasteiger partial charge in [0.1, 0.15) is 10.6 Å². The molecule has 0 spiro atoms. The van der Waals surface area contributed by atoms with Gasteiger partial charge < -0.3 is 4.18 Å². The Kier molecular flexibility index (Phi) is 4.74. The molecule has 0 aliphatic rings. The highest BCUT2D eigenvalue weighted by molar-refractivity contribution is 9.10. The maximum absolute atomic E-state index is 12.4. The van der Waals surface area contributed by atoms with Crippen LogP contribution in [-0.4, -0.2) is 8.42 Å². The van der Waals surface area contributed by atoms with Gasteiger partial charge in [-0.05, 0) is 55.2 Å². The molecule has 0 saturated carbocycles. The molecule has 21 heavy (non-hydrogen) atoms. The maximum Gasteiger partial charge on any atom is 0.339 e. The first-order valence-electron chi connectivity index (χ1n) is 6.63. The van der Waals surface area contributed by atoms with Crippen molar-refractivity contribution < 1.29 is 12.6 Å². The summed E-state index contributed by atoms with van der Waals surface area (Å²) < 4.78 is 30.8.